The zero-order valence-corrected chi connectivity index (χ0v) is 7.43. The van der Waals surface area contributed by atoms with Crippen molar-refractivity contribution in [1.82, 2.24) is 10.6 Å². The molecule has 0 aromatic carbocycles. The van der Waals surface area contributed by atoms with Gasteiger partial charge >= 0.3 is 5.97 Å². The van der Waals surface area contributed by atoms with Gasteiger partial charge in [-0.1, -0.05) is 12.2 Å². The molecule has 2 atom stereocenters. The molecule has 0 aromatic rings. The molecule has 13 heavy (non-hydrogen) atoms. The van der Waals surface area contributed by atoms with E-state index >= 15 is 0 Å². The first kappa shape index (κ1) is 9.98. The van der Waals surface area contributed by atoms with Crippen LogP contribution in [0.1, 0.15) is 6.42 Å². The third kappa shape index (κ3) is 2.41. The molecular weight excluding hydrogens is 191 g/mol. The normalized spacial score (nSPS) is 26.6. The number of carboxylic acid groups (broad SMARTS) is 1. The first-order valence-corrected chi connectivity index (χ1v) is 4.00. The van der Waals surface area contributed by atoms with E-state index in [-0.39, 0.29) is 6.42 Å². The van der Waals surface area contributed by atoms with Crippen LogP contribution >= 0.6 is 12.2 Å². The lowest BCUT2D eigenvalue weighted by molar-refractivity contribution is -0.138. The smallest absolute Gasteiger partial charge is 0.326 e. The Bertz CT molecular complexity index is 271. The highest BCUT2D eigenvalue weighted by atomic mass is 32.1. The van der Waals surface area contributed by atoms with Gasteiger partial charge in [0.15, 0.2) is 5.81 Å². The second-order valence-electron chi connectivity index (χ2n) is 2.70. The van der Waals surface area contributed by atoms with Crippen LogP contribution < -0.4 is 10.6 Å². The lowest BCUT2D eigenvalue weighted by atomic mass is 10.1. The minimum atomic E-state index is -0.990. The van der Waals surface area contributed by atoms with Crippen LogP contribution in [0.2, 0.25) is 0 Å². The maximum absolute atomic E-state index is 10.5. The molecular formula is C6H7BN2O3S. The molecule has 5 nitrogen and oxygen atoms in total. The highest BCUT2D eigenvalue weighted by molar-refractivity contribution is 7.80. The van der Waals surface area contributed by atoms with Crippen molar-refractivity contribution in [1.29, 1.82) is 0 Å². The number of rotatable bonds is 2. The minimum Gasteiger partial charge on any atom is -0.480 e. The minimum absolute atomic E-state index is 0.233. The summed E-state index contributed by atoms with van der Waals surface area (Å²) in [7, 11) is 4.87. The zero-order valence-electron chi connectivity index (χ0n) is 6.61. The summed E-state index contributed by atoms with van der Waals surface area (Å²) >= 11 is 4.81. The Morgan fingerprint density at radius 1 is 1.69 bits per heavy atom. The number of carbonyl (C=O) groups excluding carboxylic acids is 1. The predicted molar refractivity (Wildman–Crippen MR) is 49.8 cm³/mol. The Morgan fingerprint density at radius 3 is 2.69 bits per heavy atom. The zero-order chi connectivity index (χ0) is 10.0. The number of hydrogen-bond donors (Lipinski definition) is 3. The van der Waals surface area contributed by atoms with E-state index in [9.17, 15) is 9.59 Å². The molecule has 1 saturated heterocycles. The summed E-state index contributed by atoms with van der Waals surface area (Å²) in [6, 6.07) is -1.20. The van der Waals surface area contributed by atoms with E-state index in [4.69, 9.17) is 25.2 Å². The fraction of sp³-hybridized carbons (Fsp3) is 0.500. The second-order valence-corrected chi connectivity index (χ2v) is 3.14. The lowest BCUT2D eigenvalue weighted by Gasteiger charge is -2.08. The first-order chi connectivity index (χ1) is 6.00. The van der Waals surface area contributed by atoms with Crippen molar-refractivity contribution in [2.24, 2.45) is 0 Å². The first-order valence-electron chi connectivity index (χ1n) is 3.60. The van der Waals surface area contributed by atoms with Gasteiger partial charge in [-0.15, -0.1) is 0 Å². The van der Waals surface area contributed by atoms with E-state index < -0.39 is 23.9 Å². The average Bonchev–Trinajstić information content (AvgIpc) is 2.31. The molecule has 1 amide bonds. The third-order valence-corrected chi connectivity index (χ3v) is 2.12. The van der Waals surface area contributed by atoms with Crippen LogP contribution in [-0.2, 0) is 4.79 Å². The Hall–Kier alpha value is -1.11. The molecule has 0 unspecified atom stereocenters. The molecule has 0 aromatic heterocycles. The van der Waals surface area contributed by atoms with Crippen LogP contribution in [-0.4, -0.2) is 41.8 Å². The van der Waals surface area contributed by atoms with Crippen LogP contribution in [0, 0.1) is 0 Å². The molecule has 1 heterocycles. The number of carbonyl (C=O) groups is 2. The number of hydrogen-bond acceptors (Lipinski definition) is 3. The van der Waals surface area contributed by atoms with Crippen LogP contribution in [0.25, 0.3) is 0 Å². The second kappa shape index (κ2) is 3.74. The summed E-state index contributed by atoms with van der Waals surface area (Å²) in [5, 5.41) is 13.5. The van der Waals surface area contributed by atoms with Crippen molar-refractivity contribution < 1.29 is 14.7 Å². The van der Waals surface area contributed by atoms with Gasteiger partial charge in [-0.05, 0) is 0 Å². The van der Waals surface area contributed by atoms with E-state index in [0.717, 1.165) is 0 Å². The number of aliphatic carboxylic acids is 1. The fourth-order valence-electron chi connectivity index (χ4n) is 1.13. The Balaban J connectivity index is 2.56. The molecule has 0 saturated carbocycles. The van der Waals surface area contributed by atoms with Crippen molar-refractivity contribution in [2.75, 3.05) is 0 Å². The van der Waals surface area contributed by atoms with Gasteiger partial charge in [0, 0.05) is 6.42 Å². The standard InChI is InChI=1S/C6H7BN2O3S/c7-6(12)9-2-1-3(5(10)11)8-4(2)13/h2-3H,1H2,(H,8,13)(H,9,12)(H,10,11)/t2-,3+/m1/s1. The molecule has 1 aliphatic heterocycles. The lowest BCUT2D eigenvalue weighted by Crippen LogP contribution is -2.38. The van der Waals surface area contributed by atoms with Crippen LogP contribution in [0.5, 0.6) is 0 Å². The SMILES string of the molecule is [B]C(=O)N[C@@H]1C[C@@H](C(=O)O)NC1=S. The highest BCUT2D eigenvalue weighted by Gasteiger charge is 2.33. The fourth-order valence-corrected chi connectivity index (χ4v) is 1.43. The molecule has 2 radical (unpaired) electrons. The average molecular weight is 198 g/mol. The molecule has 0 aliphatic carbocycles. The predicted octanol–water partition coefficient (Wildman–Crippen LogP) is -0.993. The number of nitrogens with one attached hydrogen (secondary N) is 2. The van der Waals surface area contributed by atoms with Crippen molar-refractivity contribution >= 4 is 36.8 Å². The van der Waals surface area contributed by atoms with Gasteiger partial charge in [0.25, 0.3) is 0 Å². The van der Waals surface area contributed by atoms with Gasteiger partial charge in [0.1, 0.15) is 6.04 Å². The molecule has 1 fully saturated rings. The Kier molecular flexibility index (Phi) is 2.87. The van der Waals surface area contributed by atoms with Gasteiger partial charge in [-0.25, -0.2) is 4.79 Å². The number of amides is 1. The van der Waals surface area contributed by atoms with Crippen molar-refractivity contribution in [3.05, 3.63) is 0 Å². The van der Waals surface area contributed by atoms with Crippen molar-refractivity contribution in [3.63, 3.8) is 0 Å². The van der Waals surface area contributed by atoms with E-state index in [0.29, 0.717) is 4.99 Å². The molecule has 1 rings (SSSR count). The van der Waals surface area contributed by atoms with Crippen LogP contribution in [0.4, 0.5) is 4.79 Å². The molecule has 0 bridgehead atoms. The summed E-state index contributed by atoms with van der Waals surface area (Å²) in [6.07, 6.45) is 0.233. The summed E-state index contributed by atoms with van der Waals surface area (Å²) < 4.78 is 0. The van der Waals surface area contributed by atoms with E-state index in [1.165, 1.54) is 0 Å². The van der Waals surface area contributed by atoms with Crippen molar-refractivity contribution in [2.45, 2.75) is 18.5 Å². The Labute approximate surface area is 81.3 Å². The molecule has 3 N–H and O–H groups in total. The van der Waals surface area contributed by atoms with Gasteiger partial charge in [0.05, 0.1) is 11.0 Å². The van der Waals surface area contributed by atoms with Crippen LogP contribution in [0.3, 0.4) is 0 Å². The quantitative estimate of drug-likeness (QED) is 0.392. The maximum atomic E-state index is 10.5. The third-order valence-electron chi connectivity index (χ3n) is 1.72. The van der Waals surface area contributed by atoms with Gasteiger partial charge < -0.3 is 15.7 Å². The largest absolute Gasteiger partial charge is 0.480 e. The van der Waals surface area contributed by atoms with Gasteiger partial charge in [-0.3, -0.25) is 4.79 Å². The number of carboxylic acids is 1. The monoisotopic (exact) mass is 198 g/mol. The molecule has 0 spiro atoms. The van der Waals surface area contributed by atoms with E-state index in [1.807, 2.05) is 0 Å². The molecule has 1 aliphatic rings. The van der Waals surface area contributed by atoms with Gasteiger partial charge in [-0.2, -0.15) is 0 Å². The van der Waals surface area contributed by atoms with E-state index in [1.54, 1.807) is 0 Å². The maximum Gasteiger partial charge on any atom is 0.326 e. The molecule has 7 heteroatoms. The summed E-state index contributed by atoms with van der Waals surface area (Å²) in [5.41, 5.74) is 0. The highest BCUT2D eigenvalue weighted by Crippen LogP contribution is 2.09. The van der Waals surface area contributed by atoms with E-state index in [2.05, 4.69) is 10.6 Å². The Morgan fingerprint density at radius 2 is 2.31 bits per heavy atom. The number of thiocarbonyl (C=S) groups is 1. The summed E-state index contributed by atoms with van der Waals surface area (Å²) in [6.45, 7) is 0. The molecule has 68 valence electrons. The van der Waals surface area contributed by atoms with Crippen molar-refractivity contribution in [3.8, 4) is 0 Å². The summed E-state index contributed by atoms with van der Waals surface area (Å²) in [5.74, 6) is -1.70. The topological polar surface area (TPSA) is 78.4 Å². The van der Waals surface area contributed by atoms with Crippen LogP contribution in [0.15, 0.2) is 0 Å². The van der Waals surface area contributed by atoms with Gasteiger partial charge in [0.2, 0.25) is 7.85 Å². The summed E-state index contributed by atoms with van der Waals surface area (Å²) in [4.78, 5) is 21.3.